The van der Waals surface area contributed by atoms with E-state index in [1.54, 1.807) is 21.5 Å². The summed E-state index contributed by atoms with van der Waals surface area (Å²) in [5, 5.41) is 39.6. The second kappa shape index (κ2) is 16.1. The average molecular weight is 741 g/mol. The van der Waals surface area contributed by atoms with E-state index in [1.807, 2.05) is 0 Å². The number of hydrogen-bond donors (Lipinski definition) is 4. The Balaban J connectivity index is 1.04. The monoisotopic (exact) mass is 740 g/mol. The van der Waals surface area contributed by atoms with Gasteiger partial charge < -0.3 is 30.3 Å². The fourth-order valence-corrected chi connectivity index (χ4v) is 4.79. The maximum Gasteiger partial charge on any atom is 0.337 e. The zero-order chi connectivity index (χ0) is 38.2. The van der Waals surface area contributed by atoms with Crippen LogP contribution in [-0.2, 0) is 0 Å². The van der Waals surface area contributed by atoms with Crippen LogP contribution in [0.5, 0.6) is 11.5 Å². The molecule has 0 unspecified atom stereocenters. The highest BCUT2D eigenvalue weighted by atomic mass is 19.1. The molecule has 4 aromatic heterocycles. The molecular weight excluding hydrogens is 714 g/mol. The number of hydrogen-bond acceptors (Lipinski definition) is 12. The zero-order valence-corrected chi connectivity index (χ0v) is 27.6. The highest BCUT2D eigenvalue weighted by Crippen LogP contribution is 2.29. The molecule has 0 fully saturated rings. The van der Waals surface area contributed by atoms with Gasteiger partial charge in [0.1, 0.15) is 12.7 Å². The summed E-state index contributed by atoms with van der Waals surface area (Å²) >= 11 is 0. The molecule has 18 nitrogen and oxygen atoms in total. The van der Waals surface area contributed by atoms with E-state index in [1.165, 1.54) is 49.3 Å². The minimum atomic E-state index is -1.50. The van der Waals surface area contributed by atoms with Crippen LogP contribution in [0.2, 0.25) is 0 Å². The first kappa shape index (κ1) is 36.2. The number of aromatic nitrogens is 8. The Bertz CT molecular complexity index is 2140. The number of aromatic carboxylic acids is 2. The molecule has 0 saturated heterocycles. The van der Waals surface area contributed by atoms with Crippen molar-refractivity contribution in [2.45, 2.75) is 12.8 Å². The number of nitrogens with zero attached hydrogens (tertiary/aromatic N) is 8. The molecular formula is C34H26F2N10O8. The molecule has 0 aliphatic rings. The van der Waals surface area contributed by atoms with E-state index in [9.17, 15) is 38.2 Å². The smallest absolute Gasteiger partial charge is 0.337 e. The number of carboxylic acids is 2. The van der Waals surface area contributed by atoms with Crippen molar-refractivity contribution in [3.8, 4) is 23.1 Å². The van der Waals surface area contributed by atoms with Gasteiger partial charge in [-0.3, -0.25) is 18.7 Å². The fraction of sp³-hybridized carbons (Fsp3) is 0.118. The van der Waals surface area contributed by atoms with Gasteiger partial charge in [-0.05, 0) is 49.2 Å². The van der Waals surface area contributed by atoms with E-state index in [-0.39, 0.29) is 60.3 Å². The van der Waals surface area contributed by atoms with Gasteiger partial charge in [0.15, 0.2) is 46.2 Å². The maximum atomic E-state index is 14.8. The van der Waals surface area contributed by atoms with Crippen molar-refractivity contribution in [1.82, 2.24) is 39.5 Å². The third-order valence-electron chi connectivity index (χ3n) is 7.46. The number of ether oxygens (including phenoxy) is 2. The molecule has 274 valence electrons. The average Bonchev–Trinajstić information content (AvgIpc) is 3.91. The van der Waals surface area contributed by atoms with Crippen molar-refractivity contribution >= 4 is 35.1 Å². The van der Waals surface area contributed by atoms with Crippen LogP contribution in [0.25, 0.3) is 11.6 Å². The number of carboxylic acid groups (broad SMARTS) is 2. The second-order valence-corrected chi connectivity index (χ2v) is 11.1. The van der Waals surface area contributed by atoms with Crippen molar-refractivity contribution in [3.63, 3.8) is 0 Å². The fourth-order valence-electron chi connectivity index (χ4n) is 4.79. The number of carbonyl (C=O) groups excluding carboxylic acids is 2. The Hall–Kier alpha value is -7.64. The number of halogens is 2. The number of anilines is 2. The second-order valence-electron chi connectivity index (χ2n) is 11.1. The molecule has 2 aromatic carbocycles. The molecule has 54 heavy (non-hydrogen) atoms. The van der Waals surface area contributed by atoms with Gasteiger partial charge in [-0.15, -0.1) is 20.4 Å². The van der Waals surface area contributed by atoms with E-state index in [0.717, 1.165) is 12.1 Å². The summed E-state index contributed by atoms with van der Waals surface area (Å²) in [5.41, 5.74) is -1.86. The van der Waals surface area contributed by atoms with Crippen LogP contribution in [-0.4, -0.2) is 86.7 Å². The first-order valence-corrected chi connectivity index (χ1v) is 15.7. The molecule has 4 heterocycles. The lowest BCUT2D eigenvalue weighted by Crippen LogP contribution is -2.18. The summed E-state index contributed by atoms with van der Waals surface area (Å²) in [4.78, 5) is 57.1. The van der Waals surface area contributed by atoms with Gasteiger partial charge in [0.25, 0.3) is 11.8 Å². The lowest BCUT2D eigenvalue weighted by Gasteiger charge is -2.14. The van der Waals surface area contributed by atoms with E-state index in [4.69, 9.17) is 9.47 Å². The Labute approximate surface area is 302 Å². The van der Waals surface area contributed by atoms with Crippen molar-refractivity contribution in [1.29, 1.82) is 0 Å². The van der Waals surface area contributed by atoms with Gasteiger partial charge >= 0.3 is 11.9 Å². The number of rotatable bonds is 15. The number of nitrogens with one attached hydrogen (secondary N) is 2. The minimum absolute atomic E-state index is 0.0936. The van der Waals surface area contributed by atoms with E-state index >= 15 is 0 Å². The Morgan fingerprint density at radius 3 is 1.39 bits per heavy atom. The van der Waals surface area contributed by atoms with Gasteiger partial charge in [-0.2, -0.15) is 0 Å². The number of benzene rings is 2. The van der Waals surface area contributed by atoms with Crippen molar-refractivity contribution in [2.24, 2.45) is 0 Å². The third kappa shape index (κ3) is 8.45. The molecule has 0 aliphatic carbocycles. The topological polar surface area (TPSA) is 238 Å². The standard InChI is InChI=1S/C34H26F2N10O8/c35-21-13-19(33(49)50)25(39-31(47)23-3-5-29(43-41-23)45-9-7-37-17-45)15-27(21)53-11-1-2-12-54-28-16-26(20(34(51)52)14-22(28)36)40-32(48)24-4-6-30(44-42-24)46-10-8-38-18-46/h3-10,13-18H,1-2,11-12H2,(H,39,47)(H,40,48)(H,49,50)(H,51,52). The normalized spacial score (nSPS) is 10.8. The van der Waals surface area contributed by atoms with Gasteiger partial charge in [-0.1, -0.05) is 0 Å². The molecule has 4 N–H and O–H groups in total. The summed E-state index contributed by atoms with van der Waals surface area (Å²) in [5.74, 6) is -6.56. The molecule has 0 aliphatic heterocycles. The van der Waals surface area contributed by atoms with Gasteiger partial charge in [0, 0.05) is 36.9 Å². The van der Waals surface area contributed by atoms with Crippen LogP contribution in [0.3, 0.4) is 0 Å². The summed E-state index contributed by atoms with van der Waals surface area (Å²) in [6.07, 6.45) is 9.77. The van der Waals surface area contributed by atoms with Crippen LogP contribution in [0, 0.1) is 11.6 Å². The van der Waals surface area contributed by atoms with Crippen LogP contribution >= 0.6 is 0 Å². The molecule has 2 amide bonds. The first-order valence-electron chi connectivity index (χ1n) is 15.7. The van der Waals surface area contributed by atoms with E-state index in [0.29, 0.717) is 23.8 Å². The van der Waals surface area contributed by atoms with Crippen LogP contribution in [0.1, 0.15) is 54.5 Å². The maximum absolute atomic E-state index is 14.8. The molecule has 0 spiro atoms. The van der Waals surface area contributed by atoms with Crippen molar-refractivity contribution in [2.75, 3.05) is 23.8 Å². The minimum Gasteiger partial charge on any atom is -0.490 e. The molecule has 0 saturated carbocycles. The number of unbranched alkanes of at least 4 members (excludes halogenated alkanes) is 1. The zero-order valence-electron chi connectivity index (χ0n) is 27.6. The molecule has 6 rings (SSSR count). The molecule has 6 aromatic rings. The summed E-state index contributed by atoms with van der Waals surface area (Å²) in [6.45, 7) is -0.187. The van der Waals surface area contributed by atoms with Gasteiger partial charge in [0.2, 0.25) is 0 Å². The summed E-state index contributed by atoms with van der Waals surface area (Å²) in [6, 6.07) is 9.18. The van der Waals surface area contributed by atoms with Crippen LogP contribution < -0.4 is 20.1 Å². The lowest BCUT2D eigenvalue weighted by molar-refractivity contribution is 0.0686. The summed E-state index contributed by atoms with van der Waals surface area (Å²) in [7, 11) is 0. The lowest BCUT2D eigenvalue weighted by atomic mass is 10.1. The number of carbonyl (C=O) groups is 4. The van der Waals surface area contributed by atoms with Crippen molar-refractivity contribution in [3.05, 3.63) is 120 Å². The van der Waals surface area contributed by atoms with Crippen molar-refractivity contribution < 1.29 is 47.6 Å². The predicted molar refractivity (Wildman–Crippen MR) is 181 cm³/mol. The largest absolute Gasteiger partial charge is 0.490 e. The van der Waals surface area contributed by atoms with Gasteiger partial charge in [-0.25, -0.2) is 28.3 Å². The Kier molecular flexibility index (Phi) is 10.8. The SMILES string of the molecule is O=C(Nc1cc(OCCCCOc2cc(NC(=O)c3ccc(-n4ccnc4)nn3)c(C(=O)O)cc2F)c(F)cc1C(=O)O)c1ccc(-n2ccnc2)nn1. The summed E-state index contributed by atoms with van der Waals surface area (Å²) < 4.78 is 43.7. The first-order chi connectivity index (χ1) is 26.1. The quantitative estimate of drug-likeness (QED) is 0.109. The molecule has 0 bridgehead atoms. The van der Waals surface area contributed by atoms with Crippen LogP contribution in [0.4, 0.5) is 20.2 Å². The van der Waals surface area contributed by atoms with Gasteiger partial charge in [0.05, 0.1) is 35.7 Å². The van der Waals surface area contributed by atoms with E-state index in [2.05, 4.69) is 41.0 Å². The molecule has 0 atom stereocenters. The predicted octanol–water partition coefficient (Wildman–Crippen LogP) is 4.06. The number of imidazole rings is 2. The van der Waals surface area contributed by atoms with E-state index < -0.39 is 46.5 Å². The highest BCUT2D eigenvalue weighted by molar-refractivity contribution is 6.07. The molecule has 0 radical (unpaired) electrons. The Morgan fingerprint density at radius 1 is 0.630 bits per heavy atom. The van der Waals surface area contributed by atoms with Crippen LogP contribution in [0.15, 0.2) is 86.0 Å². The third-order valence-corrected chi connectivity index (χ3v) is 7.46. The highest BCUT2D eigenvalue weighted by Gasteiger charge is 2.21. The number of amides is 2. The Morgan fingerprint density at radius 2 is 1.06 bits per heavy atom. The molecule has 20 heteroatoms.